The Morgan fingerprint density at radius 3 is 1.50 bits per heavy atom. The van der Waals surface area contributed by atoms with Gasteiger partial charge in [-0.3, -0.25) is 0 Å². The molecule has 0 bridgehead atoms. The first-order valence-electron chi connectivity index (χ1n) is 6.81. The summed E-state index contributed by atoms with van der Waals surface area (Å²) >= 11 is 0. The summed E-state index contributed by atoms with van der Waals surface area (Å²) in [6.07, 6.45) is 2.28. The van der Waals surface area contributed by atoms with Crippen molar-refractivity contribution in [2.24, 2.45) is 10.8 Å². The molecule has 0 N–H and O–H groups in total. The molecule has 0 saturated carbocycles. The minimum atomic E-state index is 0.354. The first-order valence-corrected chi connectivity index (χ1v) is 6.81. The van der Waals surface area contributed by atoms with Crippen LogP contribution in [-0.4, -0.2) is 26.4 Å². The van der Waals surface area contributed by atoms with Crippen LogP contribution in [0.5, 0.6) is 0 Å². The predicted molar refractivity (Wildman–Crippen MR) is 71.7 cm³/mol. The third kappa shape index (κ3) is 2.32. The summed E-state index contributed by atoms with van der Waals surface area (Å²) in [4.78, 5) is 0. The highest BCUT2D eigenvalue weighted by atomic mass is 16.5. The number of hydrogen-bond donors (Lipinski definition) is 0. The Kier molecular flexibility index (Phi) is 2.95. The van der Waals surface area contributed by atoms with Gasteiger partial charge in [0, 0.05) is 10.8 Å². The summed E-state index contributed by atoms with van der Waals surface area (Å²) < 4.78 is 10.7. The molecule has 2 aliphatic heterocycles. The van der Waals surface area contributed by atoms with Crippen molar-refractivity contribution in [3.63, 3.8) is 0 Å². The lowest BCUT2D eigenvalue weighted by molar-refractivity contribution is -0.103. The molecule has 2 heterocycles. The zero-order valence-electron chi connectivity index (χ0n) is 11.4. The molecule has 1 aromatic rings. The van der Waals surface area contributed by atoms with Gasteiger partial charge >= 0.3 is 0 Å². The fourth-order valence-corrected chi connectivity index (χ4v) is 2.93. The molecule has 0 radical (unpaired) electrons. The van der Waals surface area contributed by atoms with Crippen LogP contribution in [0.1, 0.15) is 25.0 Å². The number of rotatable bonds is 4. The zero-order valence-corrected chi connectivity index (χ0v) is 11.4. The molecule has 0 aliphatic carbocycles. The SMILES string of the molecule is CC1(Cc2ccccc2CC2(C)COC2)COC1. The normalized spacial score (nSPS) is 24.1. The molecular formula is C16H22O2. The van der Waals surface area contributed by atoms with Gasteiger partial charge in [-0.05, 0) is 24.0 Å². The quantitative estimate of drug-likeness (QED) is 0.813. The lowest BCUT2D eigenvalue weighted by Crippen LogP contribution is -2.43. The Balaban J connectivity index is 1.76. The second-order valence-corrected chi connectivity index (χ2v) is 6.73. The highest BCUT2D eigenvalue weighted by molar-refractivity contribution is 5.30. The van der Waals surface area contributed by atoms with Crippen LogP contribution in [0.4, 0.5) is 0 Å². The van der Waals surface area contributed by atoms with Crippen LogP contribution in [0.25, 0.3) is 0 Å². The summed E-state index contributed by atoms with van der Waals surface area (Å²) in [5, 5.41) is 0. The smallest absolute Gasteiger partial charge is 0.0545 e. The topological polar surface area (TPSA) is 18.5 Å². The van der Waals surface area contributed by atoms with E-state index in [1.807, 2.05) is 0 Å². The van der Waals surface area contributed by atoms with Crippen molar-refractivity contribution in [3.8, 4) is 0 Å². The zero-order chi connectivity index (χ0) is 12.6. The maximum Gasteiger partial charge on any atom is 0.0545 e. The summed E-state index contributed by atoms with van der Waals surface area (Å²) in [7, 11) is 0. The molecule has 0 spiro atoms. The van der Waals surface area contributed by atoms with Gasteiger partial charge in [-0.2, -0.15) is 0 Å². The Morgan fingerprint density at radius 1 is 0.833 bits per heavy atom. The summed E-state index contributed by atoms with van der Waals surface area (Å²) in [6, 6.07) is 8.87. The molecule has 1 aromatic carbocycles. The van der Waals surface area contributed by atoms with Crippen molar-refractivity contribution in [3.05, 3.63) is 35.4 Å². The van der Waals surface area contributed by atoms with E-state index in [1.165, 1.54) is 11.1 Å². The average molecular weight is 246 g/mol. The minimum absolute atomic E-state index is 0.354. The molecule has 18 heavy (non-hydrogen) atoms. The van der Waals surface area contributed by atoms with E-state index in [0.29, 0.717) is 10.8 Å². The number of benzene rings is 1. The van der Waals surface area contributed by atoms with Crippen LogP contribution in [0.2, 0.25) is 0 Å². The van der Waals surface area contributed by atoms with Gasteiger partial charge < -0.3 is 9.47 Å². The number of ether oxygens (including phenoxy) is 2. The molecule has 0 amide bonds. The van der Waals surface area contributed by atoms with E-state index in [2.05, 4.69) is 38.1 Å². The second-order valence-electron chi connectivity index (χ2n) is 6.73. The molecule has 0 aromatic heterocycles. The monoisotopic (exact) mass is 246 g/mol. The molecule has 2 nitrogen and oxygen atoms in total. The lowest BCUT2D eigenvalue weighted by Gasteiger charge is -2.41. The van der Waals surface area contributed by atoms with Gasteiger partial charge in [0.25, 0.3) is 0 Å². The molecule has 3 rings (SSSR count). The van der Waals surface area contributed by atoms with Crippen LogP contribution in [0.3, 0.4) is 0 Å². The maximum atomic E-state index is 5.36. The highest BCUT2D eigenvalue weighted by Crippen LogP contribution is 2.35. The molecule has 2 saturated heterocycles. The van der Waals surface area contributed by atoms with Gasteiger partial charge in [0.15, 0.2) is 0 Å². The van der Waals surface area contributed by atoms with Crippen molar-refractivity contribution in [1.29, 1.82) is 0 Å². The Morgan fingerprint density at radius 2 is 1.22 bits per heavy atom. The fraction of sp³-hybridized carbons (Fsp3) is 0.625. The first-order chi connectivity index (χ1) is 8.59. The van der Waals surface area contributed by atoms with Gasteiger partial charge in [-0.1, -0.05) is 38.1 Å². The van der Waals surface area contributed by atoms with Crippen molar-refractivity contribution >= 4 is 0 Å². The average Bonchev–Trinajstić information content (AvgIpc) is 2.27. The van der Waals surface area contributed by atoms with E-state index >= 15 is 0 Å². The van der Waals surface area contributed by atoms with Crippen LogP contribution in [-0.2, 0) is 22.3 Å². The van der Waals surface area contributed by atoms with Crippen LogP contribution >= 0.6 is 0 Å². The second kappa shape index (κ2) is 4.36. The van der Waals surface area contributed by atoms with Crippen LogP contribution < -0.4 is 0 Å². The molecule has 2 fully saturated rings. The Labute approximate surface area is 109 Å². The Hall–Kier alpha value is -0.860. The highest BCUT2D eigenvalue weighted by Gasteiger charge is 2.36. The lowest BCUT2D eigenvalue weighted by atomic mass is 9.76. The van der Waals surface area contributed by atoms with Crippen molar-refractivity contribution in [2.75, 3.05) is 26.4 Å². The fourth-order valence-electron chi connectivity index (χ4n) is 2.93. The molecule has 2 aliphatic rings. The summed E-state index contributed by atoms with van der Waals surface area (Å²) in [6.45, 7) is 8.26. The number of hydrogen-bond acceptors (Lipinski definition) is 2. The molecule has 0 atom stereocenters. The standard InChI is InChI=1S/C16H22O2/c1-15(9-17-10-15)7-13-5-3-4-6-14(13)8-16(2)11-18-12-16/h3-6H,7-12H2,1-2H3. The van der Waals surface area contributed by atoms with E-state index in [4.69, 9.17) is 9.47 Å². The maximum absolute atomic E-state index is 5.36. The molecule has 98 valence electrons. The third-order valence-corrected chi connectivity index (χ3v) is 4.15. The predicted octanol–water partition coefficient (Wildman–Crippen LogP) is 2.84. The molecular weight excluding hydrogens is 224 g/mol. The van der Waals surface area contributed by atoms with Gasteiger partial charge in [0.2, 0.25) is 0 Å². The van der Waals surface area contributed by atoms with E-state index in [9.17, 15) is 0 Å². The molecule has 0 unspecified atom stereocenters. The van der Waals surface area contributed by atoms with E-state index in [1.54, 1.807) is 0 Å². The van der Waals surface area contributed by atoms with Gasteiger partial charge in [0.05, 0.1) is 26.4 Å². The summed E-state index contributed by atoms with van der Waals surface area (Å²) in [5.74, 6) is 0. The molecule has 2 heteroatoms. The first kappa shape index (κ1) is 12.2. The van der Waals surface area contributed by atoms with Crippen molar-refractivity contribution in [2.45, 2.75) is 26.7 Å². The Bertz CT molecular complexity index is 389. The third-order valence-electron chi connectivity index (χ3n) is 4.15. The van der Waals surface area contributed by atoms with E-state index < -0.39 is 0 Å². The van der Waals surface area contributed by atoms with E-state index in [-0.39, 0.29) is 0 Å². The van der Waals surface area contributed by atoms with Crippen LogP contribution in [0, 0.1) is 10.8 Å². The van der Waals surface area contributed by atoms with E-state index in [0.717, 1.165) is 39.3 Å². The van der Waals surface area contributed by atoms with Gasteiger partial charge in [0.1, 0.15) is 0 Å². The van der Waals surface area contributed by atoms with Gasteiger partial charge in [-0.25, -0.2) is 0 Å². The minimum Gasteiger partial charge on any atom is -0.380 e. The van der Waals surface area contributed by atoms with Gasteiger partial charge in [-0.15, -0.1) is 0 Å². The van der Waals surface area contributed by atoms with Crippen molar-refractivity contribution < 1.29 is 9.47 Å². The van der Waals surface area contributed by atoms with Crippen molar-refractivity contribution in [1.82, 2.24) is 0 Å². The largest absolute Gasteiger partial charge is 0.380 e. The van der Waals surface area contributed by atoms with Crippen LogP contribution in [0.15, 0.2) is 24.3 Å². The summed E-state index contributed by atoms with van der Waals surface area (Å²) in [5.41, 5.74) is 3.70.